The van der Waals surface area contributed by atoms with Gasteiger partial charge >= 0.3 is 11.9 Å². The zero-order chi connectivity index (χ0) is 21.0. The highest BCUT2D eigenvalue weighted by atomic mass is 35.5. The smallest absolute Gasteiger partial charge is 0.341 e. The maximum Gasteiger partial charge on any atom is 0.341 e. The molecule has 0 bridgehead atoms. The average molecular weight is 436 g/mol. The highest BCUT2D eigenvalue weighted by Gasteiger charge is 2.36. The Morgan fingerprint density at radius 2 is 1.83 bits per heavy atom. The molecule has 1 atom stereocenters. The van der Waals surface area contributed by atoms with E-state index in [1.54, 1.807) is 38.1 Å². The Bertz CT molecular complexity index is 922. The van der Waals surface area contributed by atoms with Crippen molar-refractivity contribution in [1.29, 1.82) is 0 Å². The lowest BCUT2D eigenvalue weighted by Crippen LogP contribution is -2.23. The van der Waals surface area contributed by atoms with Gasteiger partial charge in [-0.2, -0.15) is 0 Å². The molecule has 1 aliphatic rings. The van der Waals surface area contributed by atoms with Crippen LogP contribution in [0.25, 0.3) is 0 Å². The number of nitrogens with one attached hydrogen (secondary N) is 1. The van der Waals surface area contributed by atoms with Gasteiger partial charge in [0.1, 0.15) is 5.00 Å². The van der Waals surface area contributed by atoms with Gasteiger partial charge in [-0.05, 0) is 62.9 Å². The molecule has 6 nitrogen and oxygen atoms in total. The maximum atomic E-state index is 12.8. The molecule has 0 spiro atoms. The number of carbonyl (C=O) groups excluding carboxylic acids is 3. The zero-order valence-electron chi connectivity index (χ0n) is 16.2. The molecule has 0 saturated heterocycles. The SMILES string of the molecule is CCOC(=O)c1c(NC(=O)c2ccc(Cl)cc2)sc2c1C(C(=O)OCC)CCC2. The number of esters is 2. The molecule has 1 N–H and O–H groups in total. The lowest BCUT2D eigenvalue weighted by Gasteiger charge is -2.22. The van der Waals surface area contributed by atoms with Gasteiger partial charge in [-0.3, -0.25) is 9.59 Å². The van der Waals surface area contributed by atoms with Crippen molar-refractivity contribution < 1.29 is 23.9 Å². The number of benzene rings is 1. The van der Waals surface area contributed by atoms with Crippen molar-refractivity contribution in [2.24, 2.45) is 0 Å². The van der Waals surface area contributed by atoms with Gasteiger partial charge in [0.2, 0.25) is 0 Å². The summed E-state index contributed by atoms with van der Waals surface area (Å²) in [6.07, 6.45) is 2.14. The van der Waals surface area contributed by atoms with Crippen molar-refractivity contribution in [1.82, 2.24) is 0 Å². The number of carbonyl (C=O) groups is 3. The Morgan fingerprint density at radius 1 is 1.14 bits per heavy atom. The quantitative estimate of drug-likeness (QED) is 0.658. The standard InChI is InChI=1S/C21H22ClNO5S/c1-3-27-20(25)14-6-5-7-15-16(14)17(21(26)28-4-2)19(29-15)23-18(24)12-8-10-13(22)11-9-12/h8-11,14H,3-7H2,1-2H3,(H,23,24). The van der Waals surface area contributed by atoms with E-state index in [0.29, 0.717) is 27.6 Å². The van der Waals surface area contributed by atoms with E-state index in [9.17, 15) is 14.4 Å². The fourth-order valence-electron chi connectivity index (χ4n) is 3.41. The summed E-state index contributed by atoms with van der Waals surface area (Å²) in [5.41, 5.74) is 1.30. The average Bonchev–Trinajstić information content (AvgIpc) is 3.06. The van der Waals surface area contributed by atoms with Crippen LogP contribution in [0.4, 0.5) is 5.00 Å². The number of hydrogen-bond acceptors (Lipinski definition) is 6. The van der Waals surface area contributed by atoms with Crippen molar-refractivity contribution in [3.05, 3.63) is 50.9 Å². The van der Waals surface area contributed by atoms with Gasteiger partial charge in [0.15, 0.2) is 0 Å². The van der Waals surface area contributed by atoms with E-state index in [0.717, 1.165) is 17.7 Å². The molecule has 1 unspecified atom stereocenters. The third-order valence-electron chi connectivity index (χ3n) is 4.65. The Balaban J connectivity index is 2.01. The molecule has 0 radical (unpaired) electrons. The Labute approximate surface area is 178 Å². The van der Waals surface area contributed by atoms with Crippen molar-refractivity contribution in [3.8, 4) is 0 Å². The van der Waals surface area contributed by atoms with Crippen LogP contribution in [0.15, 0.2) is 24.3 Å². The van der Waals surface area contributed by atoms with Crippen molar-refractivity contribution in [2.75, 3.05) is 18.5 Å². The summed E-state index contributed by atoms with van der Waals surface area (Å²) in [6, 6.07) is 6.46. The van der Waals surface area contributed by atoms with Gasteiger partial charge in [0, 0.05) is 15.5 Å². The minimum Gasteiger partial charge on any atom is -0.466 e. The van der Waals surface area contributed by atoms with Gasteiger partial charge in [-0.25, -0.2) is 4.79 Å². The summed E-state index contributed by atoms with van der Waals surface area (Å²) >= 11 is 7.20. The molecule has 1 heterocycles. The predicted molar refractivity (Wildman–Crippen MR) is 112 cm³/mol. The number of anilines is 1. The van der Waals surface area contributed by atoms with E-state index < -0.39 is 11.9 Å². The summed E-state index contributed by atoms with van der Waals surface area (Å²) in [7, 11) is 0. The van der Waals surface area contributed by atoms with Crippen molar-refractivity contribution >= 4 is 45.8 Å². The topological polar surface area (TPSA) is 81.7 Å². The molecular weight excluding hydrogens is 414 g/mol. The number of halogens is 1. The van der Waals surface area contributed by atoms with Gasteiger partial charge in [0.25, 0.3) is 5.91 Å². The fourth-order valence-corrected chi connectivity index (χ4v) is 4.82. The summed E-state index contributed by atoms with van der Waals surface area (Å²) in [5.74, 6) is -1.80. The van der Waals surface area contributed by atoms with Crippen LogP contribution in [0.2, 0.25) is 5.02 Å². The molecule has 29 heavy (non-hydrogen) atoms. The molecule has 1 aromatic carbocycles. The van der Waals surface area contributed by atoms with Gasteiger partial charge in [-0.15, -0.1) is 11.3 Å². The summed E-state index contributed by atoms with van der Waals surface area (Å²) in [6.45, 7) is 3.92. The van der Waals surface area contributed by atoms with Crippen LogP contribution in [0.1, 0.15) is 63.8 Å². The summed E-state index contributed by atoms with van der Waals surface area (Å²) < 4.78 is 10.4. The molecule has 154 valence electrons. The molecule has 1 aromatic heterocycles. The minimum atomic E-state index is -0.549. The third kappa shape index (κ3) is 4.62. The van der Waals surface area contributed by atoms with E-state index >= 15 is 0 Å². The molecule has 2 aromatic rings. The lowest BCUT2D eigenvalue weighted by atomic mass is 9.85. The first kappa shape index (κ1) is 21.3. The summed E-state index contributed by atoms with van der Waals surface area (Å²) in [4.78, 5) is 38.9. The Hall–Kier alpha value is -2.38. The highest BCUT2D eigenvalue weighted by Crippen LogP contribution is 2.44. The number of hydrogen-bond donors (Lipinski definition) is 1. The number of rotatable bonds is 6. The molecular formula is C21H22ClNO5S. The highest BCUT2D eigenvalue weighted by molar-refractivity contribution is 7.17. The van der Waals surface area contributed by atoms with Crippen LogP contribution >= 0.6 is 22.9 Å². The first-order chi connectivity index (χ1) is 14.0. The lowest BCUT2D eigenvalue weighted by molar-refractivity contribution is -0.145. The third-order valence-corrected chi connectivity index (χ3v) is 6.08. The minimum absolute atomic E-state index is 0.193. The van der Waals surface area contributed by atoms with E-state index in [1.807, 2.05) is 0 Å². The molecule has 8 heteroatoms. The van der Waals surface area contributed by atoms with Gasteiger partial charge in [0.05, 0.1) is 24.7 Å². The van der Waals surface area contributed by atoms with Crippen LogP contribution < -0.4 is 5.32 Å². The Morgan fingerprint density at radius 3 is 2.48 bits per heavy atom. The Kier molecular flexibility index (Phi) is 6.92. The largest absolute Gasteiger partial charge is 0.466 e. The van der Waals surface area contributed by atoms with E-state index in [1.165, 1.54) is 11.3 Å². The number of ether oxygens (including phenoxy) is 2. The molecule has 0 fully saturated rings. The first-order valence-corrected chi connectivity index (χ1v) is 10.7. The molecule has 3 rings (SSSR count). The van der Waals surface area contributed by atoms with Crippen LogP contribution in [-0.4, -0.2) is 31.1 Å². The number of amides is 1. The number of fused-ring (bicyclic) bond motifs is 1. The van der Waals surface area contributed by atoms with Gasteiger partial charge < -0.3 is 14.8 Å². The number of aryl methyl sites for hydroxylation is 1. The van der Waals surface area contributed by atoms with Gasteiger partial charge in [-0.1, -0.05) is 11.6 Å². The second-order valence-electron chi connectivity index (χ2n) is 6.52. The molecule has 1 amide bonds. The van der Waals surface area contributed by atoms with Crippen LogP contribution in [0.5, 0.6) is 0 Å². The maximum absolute atomic E-state index is 12.8. The van der Waals surface area contributed by atoms with Crippen LogP contribution in [0, 0.1) is 0 Å². The van der Waals surface area contributed by atoms with Crippen molar-refractivity contribution in [3.63, 3.8) is 0 Å². The second kappa shape index (κ2) is 9.41. The van der Waals surface area contributed by atoms with Crippen LogP contribution in [-0.2, 0) is 20.7 Å². The monoisotopic (exact) mass is 435 g/mol. The predicted octanol–water partition coefficient (Wildman–Crippen LogP) is 4.81. The van der Waals surface area contributed by atoms with E-state index in [-0.39, 0.29) is 30.7 Å². The van der Waals surface area contributed by atoms with E-state index in [2.05, 4.69) is 5.32 Å². The van der Waals surface area contributed by atoms with E-state index in [4.69, 9.17) is 21.1 Å². The normalized spacial score (nSPS) is 15.3. The zero-order valence-corrected chi connectivity index (χ0v) is 17.8. The van der Waals surface area contributed by atoms with Crippen LogP contribution in [0.3, 0.4) is 0 Å². The second-order valence-corrected chi connectivity index (χ2v) is 8.06. The first-order valence-electron chi connectivity index (χ1n) is 9.52. The van der Waals surface area contributed by atoms with Crippen molar-refractivity contribution in [2.45, 2.75) is 39.0 Å². The summed E-state index contributed by atoms with van der Waals surface area (Å²) in [5, 5.41) is 3.74. The molecule has 0 aliphatic heterocycles. The number of thiophene rings is 1. The molecule has 0 saturated carbocycles. The fraction of sp³-hybridized carbons (Fsp3) is 0.381. The molecule has 1 aliphatic carbocycles.